The number of nitrogens with one attached hydrogen (secondary N) is 2. The summed E-state index contributed by atoms with van der Waals surface area (Å²) in [5.41, 5.74) is 14.7. The number of piperidine rings is 1. The minimum absolute atomic E-state index is 0.0950. The summed E-state index contributed by atoms with van der Waals surface area (Å²) in [5.74, 6) is 0.690. The predicted octanol–water partition coefficient (Wildman–Crippen LogP) is 5.98. The van der Waals surface area contributed by atoms with Crippen molar-refractivity contribution in [3.8, 4) is 11.1 Å². The van der Waals surface area contributed by atoms with Crippen LogP contribution in [-0.4, -0.2) is 49.3 Å². The SMILES string of the molecule is CNC(=O)CCCC1CCN(CC(C=O)(Cc2cccc(C(N)N)c2)NSc2cccc(-c3cccc(Cl)c3Cl)c2)CC1. The Morgan fingerprint density at radius 2 is 1.84 bits per heavy atom. The third kappa shape index (κ3) is 9.53. The Balaban J connectivity index is 1.50. The zero-order valence-corrected chi connectivity index (χ0v) is 26.9. The monoisotopic (exact) mass is 641 g/mol. The molecule has 1 heterocycles. The topological polar surface area (TPSA) is 113 Å². The van der Waals surface area contributed by atoms with Crippen molar-refractivity contribution in [2.45, 2.75) is 55.1 Å². The Kier molecular flexibility index (Phi) is 12.5. The fraction of sp³-hybridized carbons (Fsp3) is 0.394. The van der Waals surface area contributed by atoms with E-state index in [9.17, 15) is 9.59 Å². The maximum Gasteiger partial charge on any atom is 0.219 e. The van der Waals surface area contributed by atoms with Gasteiger partial charge in [-0.25, -0.2) is 4.72 Å². The number of halogens is 2. The second-order valence-electron chi connectivity index (χ2n) is 11.3. The molecule has 0 bridgehead atoms. The number of benzene rings is 3. The van der Waals surface area contributed by atoms with Crippen molar-refractivity contribution in [3.63, 3.8) is 0 Å². The lowest BCUT2D eigenvalue weighted by atomic mass is 9.88. The molecule has 7 nitrogen and oxygen atoms in total. The van der Waals surface area contributed by atoms with Gasteiger partial charge in [0.25, 0.3) is 0 Å². The van der Waals surface area contributed by atoms with E-state index in [2.05, 4.69) is 14.9 Å². The number of likely N-dealkylation sites (tertiary alicyclic amines) is 1. The highest BCUT2D eigenvalue weighted by Crippen LogP contribution is 2.35. The summed E-state index contributed by atoms with van der Waals surface area (Å²) in [6.45, 7) is 2.37. The van der Waals surface area contributed by atoms with Gasteiger partial charge in [-0.3, -0.25) is 4.79 Å². The molecule has 0 saturated carbocycles. The molecule has 230 valence electrons. The Morgan fingerprint density at radius 3 is 2.56 bits per heavy atom. The Hall–Kier alpha value is -2.43. The van der Waals surface area contributed by atoms with E-state index in [1.807, 2.05) is 60.7 Å². The second kappa shape index (κ2) is 16.0. The Labute approximate surface area is 269 Å². The number of amides is 1. The molecule has 0 spiro atoms. The summed E-state index contributed by atoms with van der Waals surface area (Å²) in [6, 6.07) is 21.4. The van der Waals surface area contributed by atoms with Gasteiger partial charge < -0.3 is 26.5 Å². The van der Waals surface area contributed by atoms with Crippen molar-refractivity contribution in [1.82, 2.24) is 14.9 Å². The number of hydrogen-bond acceptors (Lipinski definition) is 7. The van der Waals surface area contributed by atoms with Crippen LogP contribution in [0.4, 0.5) is 0 Å². The van der Waals surface area contributed by atoms with Crippen molar-refractivity contribution in [2.24, 2.45) is 17.4 Å². The lowest BCUT2D eigenvalue weighted by Crippen LogP contribution is -2.55. The predicted molar refractivity (Wildman–Crippen MR) is 178 cm³/mol. The minimum Gasteiger partial charge on any atom is -0.359 e. The van der Waals surface area contributed by atoms with Gasteiger partial charge in [-0.05, 0) is 97.9 Å². The highest BCUT2D eigenvalue weighted by atomic mass is 35.5. The van der Waals surface area contributed by atoms with Crippen molar-refractivity contribution in [2.75, 3.05) is 26.7 Å². The van der Waals surface area contributed by atoms with Crippen molar-refractivity contribution in [3.05, 3.63) is 87.9 Å². The van der Waals surface area contributed by atoms with E-state index >= 15 is 0 Å². The molecule has 3 aromatic carbocycles. The highest BCUT2D eigenvalue weighted by molar-refractivity contribution is 7.97. The zero-order chi connectivity index (χ0) is 30.8. The number of hydrogen-bond donors (Lipinski definition) is 4. The van der Waals surface area contributed by atoms with Crippen LogP contribution in [0.25, 0.3) is 11.1 Å². The Bertz CT molecular complexity index is 1380. The summed E-state index contributed by atoms with van der Waals surface area (Å²) in [6.07, 6.45) is 5.57. The van der Waals surface area contributed by atoms with Crippen molar-refractivity contribution in [1.29, 1.82) is 0 Å². The molecule has 6 N–H and O–H groups in total. The first-order valence-electron chi connectivity index (χ1n) is 14.7. The maximum absolute atomic E-state index is 13.0. The molecular formula is C33H41Cl2N5O2S. The van der Waals surface area contributed by atoms with E-state index in [1.165, 1.54) is 11.9 Å². The normalized spacial score (nSPS) is 15.8. The van der Waals surface area contributed by atoms with Gasteiger partial charge in [-0.15, -0.1) is 0 Å². The van der Waals surface area contributed by atoms with Crippen LogP contribution in [0.5, 0.6) is 0 Å². The summed E-state index contributed by atoms with van der Waals surface area (Å²) >= 11 is 14.2. The molecule has 1 unspecified atom stereocenters. The van der Waals surface area contributed by atoms with Crippen LogP contribution in [0.3, 0.4) is 0 Å². The fourth-order valence-corrected chi connectivity index (χ4v) is 6.87. The zero-order valence-electron chi connectivity index (χ0n) is 24.5. The van der Waals surface area contributed by atoms with Crippen molar-refractivity contribution >= 4 is 47.3 Å². The van der Waals surface area contributed by atoms with Gasteiger partial charge in [-0.1, -0.05) is 71.7 Å². The molecular weight excluding hydrogens is 601 g/mol. The number of nitrogens with zero attached hydrogens (tertiary/aromatic N) is 1. The van der Waals surface area contributed by atoms with E-state index < -0.39 is 11.7 Å². The fourth-order valence-electron chi connectivity index (χ4n) is 5.62. The molecule has 0 aromatic heterocycles. The first-order chi connectivity index (χ1) is 20.7. The van der Waals surface area contributed by atoms with Gasteiger partial charge >= 0.3 is 0 Å². The lowest BCUT2D eigenvalue weighted by molar-refractivity contribution is -0.120. The van der Waals surface area contributed by atoms with Gasteiger partial charge in [0.1, 0.15) is 11.8 Å². The number of aldehydes is 1. The quantitative estimate of drug-likeness (QED) is 0.0972. The molecule has 43 heavy (non-hydrogen) atoms. The van der Waals surface area contributed by atoms with Crippen LogP contribution in [-0.2, 0) is 16.0 Å². The van der Waals surface area contributed by atoms with Gasteiger partial charge in [-0.2, -0.15) is 0 Å². The van der Waals surface area contributed by atoms with Gasteiger partial charge in [0.05, 0.1) is 16.2 Å². The third-order valence-corrected chi connectivity index (χ3v) is 9.87. The summed E-state index contributed by atoms with van der Waals surface area (Å²) in [4.78, 5) is 27.9. The standard InChI is InChI=1S/C33H41Cl2N5O2S/c1-38-30(42)13-3-6-23-14-16-40(17-15-23)21-33(22-41,20-24-7-2-9-26(18-24)32(36)37)39-43-27-10-4-8-25(19-27)28-11-5-12-29(34)31(28)35/h2,4-5,7-12,18-19,22-23,32,39H,3,6,13-17,20-21,36-37H2,1H3,(H,38,42). The van der Waals surface area contributed by atoms with Crippen LogP contribution < -0.4 is 21.5 Å². The highest BCUT2D eigenvalue weighted by Gasteiger charge is 2.34. The largest absolute Gasteiger partial charge is 0.359 e. The van der Waals surface area contributed by atoms with Crippen LogP contribution in [0.2, 0.25) is 10.0 Å². The second-order valence-corrected chi connectivity index (χ2v) is 13.0. The number of rotatable bonds is 14. The molecule has 0 aliphatic carbocycles. The van der Waals surface area contributed by atoms with E-state index in [1.54, 1.807) is 13.1 Å². The maximum atomic E-state index is 13.0. The van der Waals surface area contributed by atoms with Gasteiger partial charge in [0.15, 0.2) is 0 Å². The lowest BCUT2D eigenvalue weighted by Gasteiger charge is -2.38. The van der Waals surface area contributed by atoms with Crippen LogP contribution in [0, 0.1) is 5.92 Å². The molecule has 1 fully saturated rings. The summed E-state index contributed by atoms with van der Waals surface area (Å²) in [5, 5.41) is 3.71. The average Bonchev–Trinajstić information content (AvgIpc) is 3.02. The first kappa shape index (κ1) is 33.5. The molecule has 3 aromatic rings. The molecule has 10 heteroatoms. The van der Waals surface area contributed by atoms with Crippen molar-refractivity contribution < 1.29 is 9.59 Å². The van der Waals surface area contributed by atoms with E-state index in [0.29, 0.717) is 35.3 Å². The molecule has 4 rings (SSSR count). The molecule has 1 aliphatic rings. The molecule has 1 atom stereocenters. The Morgan fingerprint density at radius 1 is 1.09 bits per heavy atom. The van der Waals surface area contributed by atoms with Crippen LogP contribution in [0.1, 0.15) is 49.4 Å². The molecule has 1 amide bonds. The molecule has 1 saturated heterocycles. The molecule has 1 aliphatic heterocycles. The van der Waals surface area contributed by atoms with Crippen LogP contribution in [0.15, 0.2) is 71.6 Å². The van der Waals surface area contributed by atoms with Gasteiger partial charge in [0.2, 0.25) is 5.91 Å². The first-order valence-corrected chi connectivity index (χ1v) is 16.3. The smallest absolute Gasteiger partial charge is 0.219 e. The minimum atomic E-state index is -0.863. The average molecular weight is 643 g/mol. The summed E-state index contributed by atoms with van der Waals surface area (Å²) in [7, 11) is 1.68. The molecule has 0 radical (unpaired) electrons. The van der Waals surface area contributed by atoms with E-state index in [4.69, 9.17) is 34.7 Å². The number of nitrogens with two attached hydrogens (primary N) is 2. The van der Waals surface area contributed by atoms with Gasteiger partial charge in [0, 0.05) is 30.5 Å². The summed E-state index contributed by atoms with van der Waals surface area (Å²) < 4.78 is 3.55. The number of carbonyl (C=O) groups excluding carboxylic acids is 2. The van der Waals surface area contributed by atoms with E-state index in [0.717, 1.165) is 72.2 Å². The number of carbonyl (C=O) groups is 2. The third-order valence-electron chi connectivity index (χ3n) is 8.06. The van der Waals surface area contributed by atoms with Crippen LogP contribution >= 0.6 is 35.1 Å². The van der Waals surface area contributed by atoms with E-state index in [-0.39, 0.29) is 5.91 Å².